The number of allylic oxidation sites excluding steroid dienone is 1. The van der Waals surface area contributed by atoms with Crippen molar-refractivity contribution in [3.63, 3.8) is 0 Å². The van der Waals surface area contributed by atoms with Gasteiger partial charge in [0, 0.05) is 21.8 Å². The highest BCUT2D eigenvalue weighted by molar-refractivity contribution is 8.27. The van der Waals surface area contributed by atoms with Gasteiger partial charge in [0.15, 0.2) is 0 Å². The molecule has 1 unspecified atom stereocenters. The van der Waals surface area contributed by atoms with Gasteiger partial charge in [-0.1, -0.05) is 6.08 Å². The van der Waals surface area contributed by atoms with Gasteiger partial charge in [-0.3, -0.25) is 0 Å². The minimum Gasteiger partial charge on any atom is -0.369 e. The average Bonchev–Trinajstić information content (AvgIpc) is 2.87. The Morgan fingerprint density at radius 1 is 1.53 bits per heavy atom. The molecular formula is C11H14OS3. The summed E-state index contributed by atoms with van der Waals surface area (Å²) in [7, 11) is 1.78. The third kappa shape index (κ3) is 2.81. The van der Waals surface area contributed by atoms with Crippen molar-refractivity contribution >= 4 is 39.8 Å². The minimum absolute atomic E-state index is 0.394. The van der Waals surface area contributed by atoms with Gasteiger partial charge in [0.05, 0.1) is 4.58 Å². The molecule has 1 fully saturated rings. The van der Waals surface area contributed by atoms with Crippen molar-refractivity contribution in [2.24, 2.45) is 0 Å². The van der Waals surface area contributed by atoms with Crippen LogP contribution in [-0.4, -0.2) is 17.1 Å². The number of ether oxygens (including phenoxy) is 1. The van der Waals surface area contributed by atoms with Crippen molar-refractivity contribution in [2.75, 3.05) is 7.11 Å². The van der Waals surface area contributed by atoms with E-state index in [9.17, 15) is 0 Å². The van der Waals surface area contributed by atoms with Gasteiger partial charge < -0.3 is 4.74 Å². The topological polar surface area (TPSA) is 9.23 Å². The van der Waals surface area contributed by atoms with Crippen LogP contribution < -0.4 is 0 Å². The summed E-state index contributed by atoms with van der Waals surface area (Å²) in [5, 5.41) is 0. The Bertz CT molecular complexity index is 370. The molecule has 0 N–H and O–H groups in total. The molecule has 1 aliphatic heterocycles. The Balaban J connectivity index is 2.00. The third-order valence-corrected chi connectivity index (χ3v) is 6.22. The number of methoxy groups -OCH3 is 1. The molecule has 0 radical (unpaired) electrons. The maximum atomic E-state index is 5.28. The summed E-state index contributed by atoms with van der Waals surface area (Å²) in [6, 6.07) is 4.38. The smallest absolute Gasteiger partial charge is 0.125 e. The zero-order valence-corrected chi connectivity index (χ0v) is 11.5. The Hall–Kier alpha value is 0.1000. The fraction of sp³-hybridized carbons (Fsp3) is 0.455. The number of hydrogen-bond donors (Lipinski definition) is 0. The Labute approximate surface area is 103 Å². The SMILES string of the molecule is C/C=C(\SC1S[C@H]1OC)c1ccc(C)s1. The zero-order chi connectivity index (χ0) is 10.8. The number of rotatable bonds is 4. The van der Waals surface area contributed by atoms with Gasteiger partial charge in [-0.2, -0.15) is 0 Å². The average molecular weight is 258 g/mol. The lowest BCUT2D eigenvalue weighted by molar-refractivity contribution is 0.207. The van der Waals surface area contributed by atoms with E-state index in [0.717, 1.165) is 0 Å². The van der Waals surface area contributed by atoms with E-state index < -0.39 is 0 Å². The van der Waals surface area contributed by atoms with E-state index >= 15 is 0 Å². The van der Waals surface area contributed by atoms with Gasteiger partial charge in [-0.15, -0.1) is 34.9 Å². The van der Waals surface area contributed by atoms with Crippen molar-refractivity contribution in [1.29, 1.82) is 0 Å². The molecule has 4 heteroatoms. The molecule has 1 aliphatic rings. The summed E-state index contributed by atoms with van der Waals surface area (Å²) in [5.41, 5.74) is 0.394. The van der Waals surface area contributed by atoms with Crippen LogP contribution in [0.25, 0.3) is 4.91 Å². The second kappa shape index (κ2) is 4.95. The van der Waals surface area contributed by atoms with Crippen LogP contribution >= 0.6 is 34.9 Å². The molecule has 0 aromatic carbocycles. The second-order valence-corrected chi connectivity index (χ2v) is 7.30. The molecule has 0 amide bonds. The molecule has 1 saturated heterocycles. The first-order valence-electron chi connectivity index (χ1n) is 4.82. The predicted molar refractivity (Wildman–Crippen MR) is 72.5 cm³/mol. The number of thioether (sulfide) groups is 2. The second-order valence-electron chi connectivity index (χ2n) is 3.29. The van der Waals surface area contributed by atoms with Crippen molar-refractivity contribution in [3.8, 4) is 0 Å². The van der Waals surface area contributed by atoms with Gasteiger partial charge in [0.1, 0.15) is 5.44 Å². The van der Waals surface area contributed by atoms with Crippen LogP contribution in [0.1, 0.15) is 16.7 Å². The molecular weight excluding hydrogens is 244 g/mol. The van der Waals surface area contributed by atoms with Crippen LogP contribution in [0.5, 0.6) is 0 Å². The summed E-state index contributed by atoms with van der Waals surface area (Å²) in [4.78, 5) is 4.13. The van der Waals surface area contributed by atoms with Gasteiger partial charge in [-0.05, 0) is 26.0 Å². The summed E-state index contributed by atoms with van der Waals surface area (Å²) < 4.78 is 5.87. The molecule has 2 rings (SSSR count). The first-order valence-corrected chi connectivity index (χ1v) is 7.46. The molecule has 0 bridgehead atoms. The molecule has 2 heterocycles. The van der Waals surface area contributed by atoms with Gasteiger partial charge in [0.25, 0.3) is 0 Å². The van der Waals surface area contributed by atoms with Crippen LogP contribution in [0.4, 0.5) is 0 Å². The highest BCUT2D eigenvalue weighted by Gasteiger charge is 2.40. The number of hydrogen-bond acceptors (Lipinski definition) is 4. The molecule has 82 valence electrons. The molecule has 1 aromatic heterocycles. The zero-order valence-electron chi connectivity index (χ0n) is 9.02. The Morgan fingerprint density at radius 3 is 2.80 bits per heavy atom. The summed E-state index contributed by atoms with van der Waals surface area (Å²) in [5.74, 6) is 0. The van der Waals surface area contributed by atoms with Crippen LogP contribution in [0, 0.1) is 6.92 Å². The first-order chi connectivity index (χ1) is 7.24. The van der Waals surface area contributed by atoms with Crippen molar-refractivity contribution in [1.82, 2.24) is 0 Å². The maximum absolute atomic E-state index is 5.28. The highest BCUT2D eigenvalue weighted by atomic mass is 32.2. The largest absolute Gasteiger partial charge is 0.369 e. The Kier molecular flexibility index (Phi) is 3.83. The number of thiophene rings is 1. The molecule has 1 aromatic rings. The van der Waals surface area contributed by atoms with E-state index in [2.05, 4.69) is 32.1 Å². The van der Waals surface area contributed by atoms with E-state index in [-0.39, 0.29) is 0 Å². The lowest BCUT2D eigenvalue weighted by Gasteiger charge is -2.01. The van der Waals surface area contributed by atoms with Crippen molar-refractivity contribution in [3.05, 3.63) is 28.0 Å². The highest BCUT2D eigenvalue weighted by Crippen LogP contribution is 2.54. The standard InChI is InChI=1S/C11H14OS3/c1-4-8(9-6-5-7(2)13-9)14-11-10(12-3)15-11/h4-6,10-11H,1-3H3/b8-4-/t10-,11?/m1/s1. The van der Waals surface area contributed by atoms with Gasteiger partial charge >= 0.3 is 0 Å². The lowest BCUT2D eigenvalue weighted by atomic mass is 10.4. The van der Waals surface area contributed by atoms with E-state index in [1.54, 1.807) is 7.11 Å². The number of aryl methyl sites for hydroxylation is 1. The molecule has 0 saturated carbocycles. The maximum Gasteiger partial charge on any atom is 0.125 e. The molecule has 0 spiro atoms. The van der Waals surface area contributed by atoms with E-state index in [0.29, 0.717) is 10.0 Å². The van der Waals surface area contributed by atoms with E-state index in [1.165, 1.54) is 14.7 Å². The fourth-order valence-electron chi connectivity index (χ4n) is 1.30. The monoisotopic (exact) mass is 258 g/mol. The summed E-state index contributed by atoms with van der Waals surface area (Å²) in [6.45, 7) is 4.25. The van der Waals surface area contributed by atoms with Crippen molar-refractivity contribution < 1.29 is 4.74 Å². The summed E-state index contributed by atoms with van der Waals surface area (Å²) in [6.07, 6.45) is 2.20. The molecule has 2 atom stereocenters. The van der Waals surface area contributed by atoms with E-state index in [1.807, 2.05) is 34.9 Å². The van der Waals surface area contributed by atoms with E-state index in [4.69, 9.17) is 4.74 Å². The van der Waals surface area contributed by atoms with Crippen LogP contribution in [0.15, 0.2) is 18.2 Å². The third-order valence-electron chi connectivity index (χ3n) is 2.13. The normalized spacial score (nSPS) is 25.7. The predicted octanol–water partition coefficient (Wildman–Crippen LogP) is 4.20. The summed E-state index contributed by atoms with van der Waals surface area (Å²) >= 11 is 5.67. The molecule has 15 heavy (non-hydrogen) atoms. The molecule has 1 nitrogen and oxygen atoms in total. The lowest BCUT2D eigenvalue weighted by Crippen LogP contribution is -1.91. The van der Waals surface area contributed by atoms with Crippen molar-refractivity contribution in [2.45, 2.75) is 23.9 Å². The van der Waals surface area contributed by atoms with Crippen LogP contribution in [-0.2, 0) is 4.74 Å². The van der Waals surface area contributed by atoms with Crippen LogP contribution in [0.2, 0.25) is 0 Å². The quantitative estimate of drug-likeness (QED) is 0.749. The minimum atomic E-state index is 0.394. The van der Waals surface area contributed by atoms with Gasteiger partial charge in [0.2, 0.25) is 0 Å². The Morgan fingerprint density at radius 2 is 2.33 bits per heavy atom. The fourth-order valence-corrected chi connectivity index (χ4v) is 4.62. The van der Waals surface area contributed by atoms with Crippen LogP contribution in [0.3, 0.4) is 0 Å². The molecule has 0 aliphatic carbocycles. The van der Waals surface area contributed by atoms with Gasteiger partial charge in [-0.25, -0.2) is 0 Å². The first kappa shape index (κ1) is 11.6.